The van der Waals surface area contributed by atoms with Crippen LogP contribution in [0.4, 0.5) is 0 Å². The molecule has 0 aliphatic carbocycles. The molecule has 0 saturated carbocycles. The fourth-order valence-electron chi connectivity index (χ4n) is 1.48. The van der Waals surface area contributed by atoms with Gasteiger partial charge in [0.1, 0.15) is 0 Å². The molecule has 1 rings (SSSR count). The standard InChI is InChI=1S/C14H20BrNO/c1-13(2,10-15)16-12(17)14(3,4)11-8-6-5-7-9-11/h5-9H,10H2,1-4H3,(H,16,17). The maximum absolute atomic E-state index is 12.3. The highest BCUT2D eigenvalue weighted by atomic mass is 79.9. The minimum absolute atomic E-state index is 0.0492. The molecule has 0 unspecified atom stereocenters. The fraction of sp³-hybridized carbons (Fsp3) is 0.500. The van der Waals surface area contributed by atoms with Gasteiger partial charge in [0.05, 0.1) is 5.41 Å². The smallest absolute Gasteiger partial charge is 0.230 e. The van der Waals surface area contributed by atoms with Crippen LogP contribution in [-0.2, 0) is 10.2 Å². The van der Waals surface area contributed by atoms with Crippen LogP contribution >= 0.6 is 15.9 Å². The van der Waals surface area contributed by atoms with Gasteiger partial charge in [-0.15, -0.1) is 0 Å². The summed E-state index contributed by atoms with van der Waals surface area (Å²) < 4.78 is 0. The Labute approximate surface area is 112 Å². The summed E-state index contributed by atoms with van der Waals surface area (Å²) >= 11 is 3.41. The van der Waals surface area contributed by atoms with Gasteiger partial charge < -0.3 is 5.32 Å². The molecule has 1 N–H and O–H groups in total. The van der Waals surface area contributed by atoms with E-state index in [4.69, 9.17) is 0 Å². The van der Waals surface area contributed by atoms with Crippen LogP contribution < -0.4 is 5.32 Å². The van der Waals surface area contributed by atoms with E-state index in [9.17, 15) is 4.79 Å². The first kappa shape index (κ1) is 14.2. The number of benzene rings is 1. The van der Waals surface area contributed by atoms with Crippen molar-refractivity contribution < 1.29 is 4.79 Å². The predicted molar refractivity (Wildman–Crippen MR) is 75.5 cm³/mol. The average molecular weight is 298 g/mol. The van der Waals surface area contributed by atoms with E-state index in [1.54, 1.807) is 0 Å². The predicted octanol–water partition coefficient (Wildman–Crippen LogP) is 3.25. The number of carbonyl (C=O) groups excluding carboxylic acids is 1. The number of rotatable bonds is 4. The Morgan fingerprint density at radius 3 is 2.18 bits per heavy atom. The van der Waals surface area contributed by atoms with Crippen molar-refractivity contribution in [3.05, 3.63) is 35.9 Å². The summed E-state index contributed by atoms with van der Waals surface area (Å²) in [5, 5.41) is 3.79. The third-order valence-corrected chi connectivity index (χ3v) is 4.25. The third kappa shape index (κ3) is 3.56. The lowest BCUT2D eigenvalue weighted by molar-refractivity contribution is -0.127. The van der Waals surface area contributed by atoms with E-state index in [1.165, 1.54) is 0 Å². The number of hydrogen-bond acceptors (Lipinski definition) is 1. The molecular formula is C14H20BrNO. The summed E-state index contributed by atoms with van der Waals surface area (Å²) in [6, 6.07) is 9.85. The molecule has 3 heteroatoms. The first-order chi connectivity index (χ1) is 7.79. The van der Waals surface area contributed by atoms with Crippen LogP contribution in [0.3, 0.4) is 0 Å². The molecule has 94 valence electrons. The first-order valence-corrected chi connectivity index (χ1v) is 6.86. The number of amides is 1. The average Bonchev–Trinajstić information content (AvgIpc) is 2.29. The van der Waals surface area contributed by atoms with Crippen molar-refractivity contribution in [2.75, 3.05) is 5.33 Å². The molecule has 0 aromatic heterocycles. The second-order valence-corrected chi connectivity index (χ2v) is 6.02. The Balaban J connectivity index is 2.88. The minimum Gasteiger partial charge on any atom is -0.350 e. The Bertz CT molecular complexity index is 384. The van der Waals surface area contributed by atoms with Crippen LogP contribution in [0.2, 0.25) is 0 Å². The van der Waals surface area contributed by atoms with Crippen LogP contribution in [0, 0.1) is 0 Å². The fourth-order valence-corrected chi connectivity index (χ4v) is 1.62. The number of halogens is 1. The van der Waals surface area contributed by atoms with Gasteiger partial charge in [0.15, 0.2) is 0 Å². The largest absolute Gasteiger partial charge is 0.350 e. The zero-order valence-corrected chi connectivity index (χ0v) is 12.5. The van der Waals surface area contributed by atoms with E-state index in [0.29, 0.717) is 0 Å². The van der Waals surface area contributed by atoms with Crippen molar-refractivity contribution >= 4 is 21.8 Å². The van der Waals surface area contributed by atoms with Crippen molar-refractivity contribution in [2.45, 2.75) is 38.6 Å². The normalized spacial score (nSPS) is 12.3. The Morgan fingerprint density at radius 1 is 1.18 bits per heavy atom. The molecule has 0 fully saturated rings. The Hall–Kier alpha value is -0.830. The summed E-state index contributed by atoms with van der Waals surface area (Å²) in [5.74, 6) is 0.0492. The van der Waals surface area contributed by atoms with Gasteiger partial charge in [-0.1, -0.05) is 46.3 Å². The van der Waals surface area contributed by atoms with Gasteiger partial charge in [0, 0.05) is 10.9 Å². The molecule has 1 aromatic rings. The van der Waals surface area contributed by atoms with E-state index in [1.807, 2.05) is 58.0 Å². The molecule has 0 aliphatic heterocycles. The second-order valence-electron chi connectivity index (χ2n) is 5.46. The molecule has 1 aromatic carbocycles. The molecule has 0 atom stereocenters. The van der Waals surface area contributed by atoms with Gasteiger partial charge in [-0.05, 0) is 33.3 Å². The quantitative estimate of drug-likeness (QED) is 0.849. The molecule has 0 saturated heterocycles. The number of alkyl halides is 1. The molecule has 0 heterocycles. The zero-order valence-electron chi connectivity index (χ0n) is 10.9. The monoisotopic (exact) mass is 297 g/mol. The lowest BCUT2D eigenvalue weighted by Crippen LogP contribution is -2.51. The molecule has 2 nitrogen and oxygen atoms in total. The summed E-state index contributed by atoms with van der Waals surface area (Å²) in [7, 11) is 0. The third-order valence-electron chi connectivity index (χ3n) is 2.85. The maximum atomic E-state index is 12.3. The molecular weight excluding hydrogens is 278 g/mol. The topological polar surface area (TPSA) is 29.1 Å². The van der Waals surface area contributed by atoms with Crippen molar-refractivity contribution in [1.29, 1.82) is 0 Å². The van der Waals surface area contributed by atoms with Crippen LogP contribution in [0.5, 0.6) is 0 Å². The van der Waals surface area contributed by atoms with E-state index >= 15 is 0 Å². The highest BCUT2D eigenvalue weighted by Gasteiger charge is 2.32. The highest BCUT2D eigenvalue weighted by Crippen LogP contribution is 2.24. The van der Waals surface area contributed by atoms with Gasteiger partial charge in [-0.3, -0.25) is 4.79 Å². The summed E-state index contributed by atoms with van der Waals surface area (Å²) in [6.45, 7) is 7.89. The second kappa shape index (κ2) is 5.21. The molecule has 0 bridgehead atoms. The molecule has 17 heavy (non-hydrogen) atoms. The van der Waals surface area contributed by atoms with Gasteiger partial charge in [0.25, 0.3) is 0 Å². The van der Waals surface area contributed by atoms with Crippen LogP contribution in [-0.4, -0.2) is 16.8 Å². The van der Waals surface area contributed by atoms with Crippen LogP contribution in [0.25, 0.3) is 0 Å². The van der Waals surface area contributed by atoms with Gasteiger partial charge >= 0.3 is 0 Å². The number of carbonyl (C=O) groups is 1. The zero-order chi connectivity index (χ0) is 13.1. The number of hydrogen-bond donors (Lipinski definition) is 1. The molecule has 0 spiro atoms. The summed E-state index contributed by atoms with van der Waals surface area (Å²) in [4.78, 5) is 12.3. The van der Waals surface area contributed by atoms with Gasteiger partial charge in [0.2, 0.25) is 5.91 Å². The van der Waals surface area contributed by atoms with E-state index in [0.717, 1.165) is 10.9 Å². The summed E-state index contributed by atoms with van der Waals surface area (Å²) in [6.07, 6.45) is 0. The van der Waals surface area contributed by atoms with Crippen LogP contribution in [0.1, 0.15) is 33.3 Å². The van der Waals surface area contributed by atoms with Crippen molar-refractivity contribution in [3.63, 3.8) is 0 Å². The lowest BCUT2D eigenvalue weighted by Gasteiger charge is -2.31. The van der Waals surface area contributed by atoms with E-state index < -0.39 is 5.41 Å². The number of nitrogens with one attached hydrogen (secondary N) is 1. The molecule has 1 amide bonds. The van der Waals surface area contributed by atoms with Crippen molar-refractivity contribution in [2.24, 2.45) is 0 Å². The summed E-state index contributed by atoms with van der Waals surface area (Å²) in [5.41, 5.74) is 0.284. The van der Waals surface area contributed by atoms with Crippen molar-refractivity contribution in [3.8, 4) is 0 Å². The van der Waals surface area contributed by atoms with Gasteiger partial charge in [-0.25, -0.2) is 0 Å². The van der Waals surface area contributed by atoms with Gasteiger partial charge in [-0.2, -0.15) is 0 Å². The van der Waals surface area contributed by atoms with E-state index in [2.05, 4.69) is 21.2 Å². The maximum Gasteiger partial charge on any atom is 0.230 e. The van der Waals surface area contributed by atoms with Crippen molar-refractivity contribution in [1.82, 2.24) is 5.32 Å². The minimum atomic E-state index is -0.513. The molecule has 0 radical (unpaired) electrons. The Kier molecular flexibility index (Phi) is 4.36. The first-order valence-electron chi connectivity index (χ1n) is 5.74. The SMILES string of the molecule is CC(C)(CBr)NC(=O)C(C)(C)c1ccccc1. The lowest BCUT2D eigenvalue weighted by atomic mass is 9.83. The Morgan fingerprint density at radius 2 is 1.71 bits per heavy atom. The molecule has 0 aliphatic rings. The van der Waals surface area contributed by atoms with Crippen LogP contribution in [0.15, 0.2) is 30.3 Å². The van der Waals surface area contributed by atoms with E-state index in [-0.39, 0.29) is 11.4 Å². The highest BCUT2D eigenvalue weighted by molar-refractivity contribution is 9.09.